The maximum Gasteiger partial charge on any atom is 0.130 e. The van der Waals surface area contributed by atoms with Crippen molar-refractivity contribution in [2.45, 2.75) is 25.0 Å². The molecule has 0 aromatic heterocycles. The Morgan fingerprint density at radius 3 is 2.93 bits per heavy atom. The lowest BCUT2D eigenvalue weighted by atomic mass is 9.96. The first-order chi connectivity index (χ1) is 7.18. The van der Waals surface area contributed by atoms with Crippen LogP contribution in [0.1, 0.15) is 24.5 Å². The molecule has 1 aromatic carbocycles. The average molecular weight is 274 g/mol. The third-order valence-corrected chi connectivity index (χ3v) is 3.13. The molecule has 82 valence electrons. The van der Waals surface area contributed by atoms with Crippen molar-refractivity contribution in [2.24, 2.45) is 5.73 Å². The Balaban J connectivity index is 2.27. The summed E-state index contributed by atoms with van der Waals surface area (Å²) < 4.78 is 19.9. The lowest BCUT2D eigenvalue weighted by molar-refractivity contribution is -0.00189. The molecule has 0 radical (unpaired) electrons. The fourth-order valence-corrected chi connectivity index (χ4v) is 2.19. The van der Waals surface area contributed by atoms with Gasteiger partial charge < -0.3 is 10.5 Å². The fraction of sp³-hybridized carbons (Fsp3) is 0.455. The molecule has 1 aromatic rings. The van der Waals surface area contributed by atoms with Crippen LogP contribution in [0.4, 0.5) is 4.39 Å². The van der Waals surface area contributed by atoms with Gasteiger partial charge in [0.05, 0.1) is 0 Å². The van der Waals surface area contributed by atoms with E-state index in [1.54, 1.807) is 6.07 Å². The molecule has 1 heterocycles. The maximum atomic E-state index is 13.6. The zero-order valence-electron chi connectivity index (χ0n) is 8.25. The van der Waals surface area contributed by atoms with E-state index in [1.807, 2.05) is 6.07 Å². The van der Waals surface area contributed by atoms with Crippen LogP contribution in [0.2, 0.25) is 0 Å². The van der Waals surface area contributed by atoms with Gasteiger partial charge in [-0.05, 0) is 25.0 Å². The van der Waals surface area contributed by atoms with Gasteiger partial charge in [-0.25, -0.2) is 4.39 Å². The van der Waals surface area contributed by atoms with E-state index in [0.29, 0.717) is 12.2 Å². The van der Waals surface area contributed by atoms with Crippen molar-refractivity contribution < 1.29 is 9.13 Å². The lowest BCUT2D eigenvalue weighted by Gasteiger charge is -2.29. The normalized spacial score (nSPS) is 26.6. The molecular formula is C11H13BrFNO. The van der Waals surface area contributed by atoms with E-state index in [2.05, 4.69) is 15.9 Å². The molecule has 1 saturated heterocycles. The molecule has 0 aliphatic carbocycles. The van der Waals surface area contributed by atoms with E-state index in [1.165, 1.54) is 6.07 Å². The van der Waals surface area contributed by atoms with Gasteiger partial charge in [-0.15, -0.1) is 0 Å². The number of hydrogen-bond donors (Lipinski definition) is 1. The standard InChI is InChI=1S/C11H13BrFNO/c12-7-3-4-8(9(13)6-7)11-10(14)2-1-5-15-11/h3-4,6,10-11H,1-2,5,14H2. The molecule has 4 heteroatoms. The molecule has 1 aliphatic rings. The highest BCUT2D eigenvalue weighted by Crippen LogP contribution is 2.30. The number of hydrogen-bond acceptors (Lipinski definition) is 2. The smallest absolute Gasteiger partial charge is 0.130 e. The van der Waals surface area contributed by atoms with Gasteiger partial charge in [-0.3, -0.25) is 0 Å². The minimum absolute atomic E-state index is 0.102. The summed E-state index contributed by atoms with van der Waals surface area (Å²) >= 11 is 3.22. The van der Waals surface area contributed by atoms with Gasteiger partial charge >= 0.3 is 0 Å². The van der Waals surface area contributed by atoms with Crippen molar-refractivity contribution in [3.8, 4) is 0 Å². The molecule has 1 fully saturated rings. The van der Waals surface area contributed by atoms with Crippen LogP contribution in [0, 0.1) is 5.82 Å². The van der Waals surface area contributed by atoms with E-state index >= 15 is 0 Å². The molecule has 1 aliphatic heterocycles. The molecule has 2 N–H and O–H groups in total. The first kappa shape index (κ1) is 11.0. The molecule has 2 rings (SSSR count). The zero-order chi connectivity index (χ0) is 10.8. The lowest BCUT2D eigenvalue weighted by Crippen LogP contribution is -2.34. The summed E-state index contributed by atoms with van der Waals surface area (Å²) in [5.74, 6) is -0.258. The van der Waals surface area contributed by atoms with E-state index in [-0.39, 0.29) is 18.0 Å². The number of nitrogens with two attached hydrogens (primary N) is 1. The van der Waals surface area contributed by atoms with E-state index < -0.39 is 0 Å². The molecule has 0 spiro atoms. The van der Waals surface area contributed by atoms with Crippen molar-refractivity contribution in [3.63, 3.8) is 0 Å². The SMILES string of the molecule is NC1CCCOC1c1ccc(Br)cc1F. The maximum absolute atomic E-state index is 13.6. The van der Waals surface area contributed by atoms with Crippen molar-refractivity contribution in [1.29, 1.82) is 0 Å². The van der Waals surface area contributed by atoms with Crippen molar-refractivity contribution in [1.82, 2.24) is 0 Å². The quantitative estimate of drug-likeness (QED) is 0.854. The van der Waals surface area contributed by atoms with Crippen LogP contribution >= 0.6 is 15.9 Å². The third-order valence-electron chi connectivity index (χ3n) is 2.64. The van der Waals surface area contributed by atoms with Gasteiger partial charge in [0, 0.05) is 22.7 Å². The minimum Gasteiger partial charge on any atom is -0.372 e. The van der Waals surface area contributed by atoms with Gasteiger partial charge in [0.15, 0.2) is 0 Å². The van der Waals surface area contributed by atoms with Crippen molar-refractivity contribution in [3.05, 3.63) is 34.1 Å². The summed E-state index contributed by atoms with van der Waals surface area (Å²) in [5, 5.41) is 0. The number of benzene rings is 1. The van der Waals surface area contributed by atoms with Gasteiger partial charge in [0.2, 0.25) is 0 Å². The van der Waals surface area contributed by atoms with E-state index in [0.717, 1.165) is 17.3 Å². The summed E-state index contributed by atoms with van der Waals surface area (Å²) in [7, 11) is 0. The highest BCUT2D eigenvalue weighted by atomic mass is 79.9. The summed E-state index contributed by atoms with van der Waals surface area (Å²) in [4.78, 5) is 0. The molecule has 2 atom stereocenters. The Labute approximate surface area is 96.7 Å². The van der Waals surface area contributed by atoms with Gasteiger partial charge in [0.1, 0.15) is 11.9 Å². The molecule has 15 heavy (non-hydrogen) atoms. The van der Waals surface area contributed by atoms with Crippen LogP contribution in [0.25, 0.3) is 0 Å². The van der Waals surface area contributed by atoms with Crippen LogP contribution < -0.4 is 5.73 Å². The molecule has 2 nitrogen and oxygen atoms in total. The van der Waals surface area contributed by atoms with Gasteiger partial charge in [0.25, 0.3) is 0 Å². The van der Waals surface area contributed by atoms with Crippen LogP contribution in [0.3, 0.4) is 0 Å². The molecule has 2 unspecified atom stereocenters. The Morgan fingerprint density at radius 1 is 1.47 bits per heavy atom. The third kappa shape index (κ3) is 2.38. The Bertz CT molecular complexity index is 358. The molecular weight excluding hydrogens is 261 g/mol. The minimum atomic E-state index is -0.299. The largest absolute Gasteiger partial charge is 0.372 e. The molecule has 0 amide bonds. The first-order valence-electron chi connectivity index (χ1n) is 5.00. The van der Waals surface area contributed by atoms with Crippen LogP contribution in [0.5, 0.6) is 0 Å². The Kier molecular flexibility index (Phi) is 3.38. The summed E-state index contributed by atoms with van der Waals surface area (Å²) in [6.45, 7) is 0.661. The van der Waals surface area contributed by atoms with E-state index in [9.17, 15) is 4.39 Å². The van der Waals surface area contributed by atoms with Crippen molar-refractivity contribution >= 4 is 15.9 Å². The molecule has 0 bridgehead atoms. The van der Waals surface area contributed by atoms with Crippen LogP contribution in [-0.2, 0) is 4.74 Å². The Morgan fingerprint density at radius 2 is 2.27 bits per heavy atom. The topological polar surface area (TPSA) is 35.2 Å². The number of rotatable bonds is 1. The first-order valence-corrected chi connectivity index (χ1v) is 5.80. The summed E-state index contributed by atoms with van der Waals surface area (Å²) in [5.41, 5.74) is 6.48. The van der Waals surface area contributed by atoms with Gasteiger partial charge in [-0.1, -0.05) is 22.0 Å². The molecule has 0 saturated carbocycles. The highest BCUT2D eigenvalue weighted by Gasteiger charge is 2.26. The predicted octanol–water partition coefficient (Wildman–Crippen LogP) is 2.77. The van der Waals surface area contributed by atoms with Gasteiger partial charge in [-0.2, -0.15) is 0 Å². The second-order valence-corrected chi connectivity index (χ2v) is 4.68. The zero-order valence-corrected chi connectivity index (χ0v) is 9.84. The van der Waals surface area contributed by atoms with Crippen LogP contribution in [0.15, 0.2) is 22.7 Å². The second-order valence-electron chi connectivity index (χ2n) is 3.76. The Hall–Kier alpha value is -0.450. The summed E-state index contributed by atoms with van der Waals surface area (Å²) in [6, 6.07) is 4.88. The fourth-order valence-electron chi connectivity index (χ4n) is 1.86. The number of halogens is 2. The highest BCUT2D eigenvalue weighted by molar-refractivity contribution is 9.10. The number of ether oxygens (including phenoxy) is 1. The monoisotopic (exact) mass is 273 g/mol. The average Bonchev–Trinajstić information content (AvgIpc) is 2.20. The van der Waals surface area contributed by atoms with E-state index in [4.69, 9.17) is 10.5 Å². The van der Waals surface area contributed by atoms with Crippen LogP contribution in [-0.4, -0.2) is 12.6 Å². The summed E-state index contributed by atoms with van der Waals surface area (Å²) in [6.07, 6.45) is 1.54. The second kappa shape index (κ2) is 4.60. The predicted molar refractivity (Wildman–Crippen MR) is 60.0 cm³/mol. The van der Waals surface area contributed by atoms with Crippen molar-refractivity contribution in [2.75, 3.05) is 6.61 Å².